The van der Waals surface area contributed by atoms with Crippen molar-refractivity contribution in [2.24, 2.45) is 0 Å². The predicted octanol–water partition coefficient (Wildman–Crippen LogP) is 11.3. The van der Waals surface area contributed by atoms with Crippen LogP contribution in [0.4, 0.5) is 4.39 Å². The Kier molecular flexibility index (Phi) is 9.51. The maximum Gasteiger partial charge on any atom is 0.339 e. The SMILES string of the molecule is Fc1cccc(-c2ccccc2)c1.O=c1[nH]c2ccccc2c2nc3ccccc3n12.O=c1n(-c2cccc(-c3ccccc3)c2)c2ccccc2c2nc3ccccc3n12. The van der Waals surface area contributed by atoms with E-state index < -0.39 is 0 Å². The zero-order chi connectivity index (χ0) is 41.3. The highest BCUT2D eigenvalue weighted by Crippen LogP contribution is 2.27. The van der Waals surface area contributed by atoms with Gasteiger partial charge in [-0.15, -0.1) is 0 Å². The zero-order valence-corrected chi connectivity index (χ0v) is 32.6. The van der Waals surface area contributed by atoms with Crippen LogP contribution in [0.3, 0.4) is 0 Å². The van der Waals surface area contributed by atoms with Crippen LogP contribution in [0.2, 0.25) is 0 Å². The number of aromatic amines is 1. The molecule has 0 bridgehead atoms. The molecular weight excluding hydrogens is 760 g/mol. The molecule has 4 heterocycles. The molecule has 12 aromatic rings. The summed E-state index contributed by atoms with van der Waals surface area (Å²) in [5.41, 5.74) is 11.0. The molecule has 0 fully saturated rings. The lowest BCUT2D eigenvalue weighted by Gasteiger charge is -2.13. The van der Waals surface area contributed by atoms with Crippen LogP contribution in [-0.4, -0.2) is 28.3 Å². The molecule has 292 valence electrons. The van der Waals surface area contributed by atoms with Crippen LogP contribution in [0.5, 0.6) is 0 Å². The van der Waals surface area contributed by atoms with Crippen molar-refractivity contribution in [2.45, 2.75) is 0 Å². The van der Waals surface area contributed by atoms with Gasteiger partial charge in [-0.2, -0.15) is 0 Å². The van der Waals surface area contributed by atoms with Crippen molar-refractivity contribution in [1.82, 2.24) is 28.3 Å². The van der Waals surface area contributed by atoms with Crippen molar-refractivity contribution in [2.75, 3.05) is 0 Å². The Hall–Kier alpha value is -8.43. The summed E-state index contributed by atoms with van der Waals surface area (Å²) in [5, 5.41) is 1.90. The molecule has 12 rings (SSSR count). The molecule has 8 nitrogen and oxygen atoms in total. The monoisotopic (exact) mass is 794 g/mol. The van der Waals surface area contributed by atoms with Gasteiger partial charge in [0.2, 0.25) is 0 Å². The molecular formula is C52H35FN6O2. The summed E-state index contributed by atoms with van der Waals surface area (Å²) < 4.78 is 18.0. The number of nitrogens with one attached hydrogen (secondary N) is 1. The van der Waals surface area contributed by atoms with E-state index >= 15 is 0 Å². The minimum atomic E-state index is -0.193. The molecule has 0 saturated carbocycles. The van der Waals surface area contributed by atoms with Crippen LogP contribution >= 0.6 is 0 Å². The molecule has 0 radical (unpaired) electrons. The third-order valence-corrected chi connectivity index (χ3v) is 10.6. The lowest BCUT2D eigenvalue weighted by Crippen LogP contribution is -2.25. The fraction of sp³-hybridized carbons (Fsp3) is 0. The van der Waals surface area contributed by atoms with Crippen molar-refractivity contribution >= 4 is 55.2 Å². The van der Waals surface area contributed by atoms with Crippen LogP contribution in [0, 0.1) is 5.82 Å². The summed E-state index contributed by atoms with van der Waals surface area (Å²) >= 11 is 0. The standard InChI is InChI=1S/C26H17N3O.C14H9N3O.C12H9F/c30-26-28(20-12-8-11-19(17-20)18-9-2-1-3-10-18)23-15-6-4-13-21(23)25-27-22-14-5-7-16-24(22)29(25)26;18-14-16-10-6-2-1-5-9(10)13-15-11-7-3-4-8-12(11)17(13)14;13-12-8-4-7-11(9-12)10-5-2-1-3-6-10/h1-17H;1-8H,(H,16,18);1-9H. The molecule has 0 aliphatic heterocycles. The number of fused-ring (bicyclic) bond motifs is 10. The Morgan fingerprint density at radius 2 is 0.918 bits per heavy atom. The average molecular weight is 795 g/mol. The lowest BCUT2D eigenvalue weighted by atomic mass is 10.1. The number of imidazole rings is 2. The molecule has 61 heavy (non-hydrogen) atoms. The molecule has 0 atom stereocenters. The summed E-state index contributed by atoms with van der Waals surface area (Å²) in [7, 11) is 0. The molecule has 0 saturated heterocycles. The number of benzene rings is 8. The summed E-state index contributed by atoms with van der Waals surface area (Å²) in [4.78, 5) is 38.1. The van der Waals surface area contributed by atoms with E-state index in [9.17, 15) is 14.0 Å². The summed E-state index contributed by atoms with van der Waals surface area (Å²) in [6.45, 7) is 0. The van der Waals surface area contributed by atoms with Crippen molar-refractivity contribution < 1.29 is 4.39 Å². The smallest absolute Gasteiger partial charge is 0.306 e. The van der Waals surface area contributed by atoms with Crippen molar-refractivity contribution in [1.29, 1.82) is 0 Å². The zero-order valence-electron chi connectivity index (χ0n) is 32.6. The minimum absolute atomic E-state index is 0.123. The van der Waals surface area contributed by atoms with Gasteiger partial charge in [-0.3, -0.25) is 4.57 Å². The van der Waals surface area contributed by atoms with E-state index in [2.05, 4.69) is 34.2 Å². The van der Waals surface area contributed by atoms with E-state index in [0.717, 1.165) is 71.8 Å². The van der Waals surface area contributed by atoms with Crippen LogP contribution in [-0.2, 0) is 0 Å². The highest BCUT2D eigenvalue weighted by atomic mass is 19.1. The van der Waals surface area contributed by atoms with Crippen molar-refractivity contribution in [3.8, 4) is 27.9 Å². The van der Waals surface area contributed by atoms with Gasteiger partial charge in [-0.05, 0) is 95.1 Å². The highest BCUT2D eigenvalue weighted by Gasteiger charge is 2.16. The number of H-pyrrole nitrogens is 1. The molecule has 8 aromatic carbocycles. The van der Waals surface area contributed by atoms with Crippen LogP contribution < -0.4 is 11.4 Å². The third kappa shape index (κ3) is 6.89. The maximum absolute atomic E-state index is 13.8. The molecule has 0 amide bonds. The fourth-order valence-electron chi connectivity index (χ4n) is 7.83. The van der Waals surface area contributed by atoms with Gasteiger partial charge < -0.3 is 4.98 Å². The maximum atomic E-state index is 13.8. The second-order valence-electron chi connectivity index (χ2n) is 14.4. The molecule has 0 spiro atoms. The summed E-state index contributed by atoms with van der Waals surface area (Å²) in [5.74, 6) is -0.193. The van der Waals surface area contributed by atoms with E-state index in [1.165, 1.54) is 12.1 Å². The number of hydrogen-bond donors (Lipinski definition) is 1. The first-order valence-corrected chi connectivity index (χ1v) is 19.8. The van der Waals surface area contributed by atoms with Crippen molar-refractivity contribution in [3.05, 3.63) is 233 Å². The fourth-order valence-corrected chi connectivity index (χ4v) is 7.83. The Morgan fingerprint density at radius 1 is 0.426 bits per heavy atom. The quantitative estimate of drug-likeness (QED) is 0.193. The van der Waals surface area contributed by atoms with Gasteiger partial charge in [0.25, 0.3) is 0 Å². The number of hydrogen-bond acceptors (Lipinski definition) is 4. The first-order chi connectivity index (χ1) is 30.0. The Labute approximate surface area is 347 Å². The number of halogens is 1. The minimum Gasteiger partial charge on any atom is -0.306 e. The second kappa shape index (κ2) is 15.7. The number of para-hydroxylation sites is 6. The number of nitrogens with zero attached hydrogens (tertiary/aromatic N) is 5. The molecule has 0 unspecified atom stereocenters. The third-order valence-electron chi connectivity index (χ3n) is 10.6. The first-order valence-electron chi connectivity index (χ1n) is 19.8. The van der Waals surface area contributed by atoms with Crippen molar-refractivity contribution in [3.63, 3.8) is 0 Å². The van der Waals surface area contributed by atoms with Gasteiger partial charge in [-0.25, -0.2) is 32.7 Å². The molecule has 0 aliphatic rings. The van der Waals surface area contributed by atoms with Gasteiger partial charge in [0.05, 0.1) is 38.8 Å². The summed E-state index contributed by atoms with van der Waals surface area (Å²) in [6, 6.07) is 65.7. The first kappa shape index (κ1) is 36.9. The summed E-state index contributed by atoms with van der Waals surface area (Å²) in [6.07, 6.45) is 0. The van der Waals surface area contributed by atoms with E-state index in [4.69, 9.17) is 4.98 Å². The lowest BCUT2D eigenvalue weighted by molar-refractivity contribution is 0.628. The van der Waals surface area contributed by atoms with Gasteiger partial charge in [-0.1, -0.05) is 133 Å². The van der Waals surface area contributed by atoms with Gasteiger partial charge in [0.1, 0.15) is 5.82 Å². The predicted molar refractivity (Wildman–Crippen MR) is 244 cm³/mol. The molecule has 9 heteroatoms. The number of rotatable bonds is 3. The Bertz CT molecular complexity index is 3670. The molecule has 0 aliphatic carbocycles. The van der Waals surface area contributed by atoms with Gasteiger partial charge in [0.15, 0.2) is 11.3 Å². The average Bonchev–Trinajstić information content (AvgIpc) is 3.91. The van der Waals surface area contributed by atoms with E-state index in [-0.39, 0.29) is 17.2 Å². The van der Waals surface area contributed by atoms with E-state index in [1.54, 1.807) is 19.4 Å². The van der Waals surface area contributed by atoms with Gasteiger partial charge in [0, 0.05) is 10.8 Å². The largest absolute Gasteiger partial charge is 0.339 e. The number of aromatic nitrogens is 6. The highest BCUT2D eigenvalue weighted by molar-refractivity contribution is 5.97. The molecule has 1 N–H and O–H groups in total. The normalized spacial score (nSPS) is 11.2. The second-order valence-corrected chi connectivity index (χ2v) is 14.4. The van der Waals surface area contributed by atoms with Gasteiger partial charge >= 0.3 is 11.4 Å². The Morgan fingerprint density at radius 3 is 1.57 bits per heavy atom. The molecule has 4 aromatic heterocycles. The van der Waals surface area contributed by atoms with Crippen LogP contribution in [0.1, 0.15) is 0 Å². The van der Waals surface area contributed by atoms with Crippen LogP contribution in [0.15, 0.2) is 216 Å². The van der Waals surface area contributed by atoms with E-state index in [0.29, 0.717) is 11.3 Å². The van der Waals surface area contributed by atoms with E-state index in [1.807, 2.05) is 164 Å². The van der Waals surface area contributed by atoms with Crippen LogP contribution in [0.25, 0.3) is 83.1 Å². The topological polar surface area (TPSA) is 89.5 Å². The Balaban J connectivity index is 0.000000121.